The van der Waals surface area contributed by atoms with Gasteiger partial charge in [-0.3, -0.25) is 5.01 Å². The second-order valence-electron chi connectivity index (χ2n) is 2.04. The lowest BCUT2D eigenvalue weighted by atomic mass is 10.3. The third kappa shape index (κ3) is 2.88. The molecule has 3 heteroatoms. The van der Waals surface area contributed by atoms with Gasteiger partial charge in [-0.1, -0.05) is 6.92 Å². The molecule has 0 aliphatic carbocycles. The van der Waals surface area contributed by atoms with Crippen molar-refractivity contribution in [3.05, 3.63) is 0 Å². The molecule has 0 rings (SSSR count). The van der Waals surface area contributed by atoms with E-state index in [1.54, 1.807) is 5.01 Å². The van der Waals surface area contributed by atoms with Gasteiger partial charge < -0.3 is 0 Å². The first-order valence-electron chi connectivity index (χ1n) is 3.07. The van der Waals surface area contributed by atoms with Crippen LogP contribution in [0, 0.1) is 5.41 Å². The fraction of sp³-hybridized carbons (Fsp3) is 0.833. The molecule has 0 heterocycles. The van der Waals surface area contributed by atoms with Gasteiger partial charge in [-0.05, 0) is 13.3 Å². The summed E-state index contributed by atoms with van der Waals surface area (Å²) in [5.41, 5.74) is 0. The maximum atomic E-state index is 6.54. The van der Waals surface area contributed by atoms with Gasteiger partial charge in [-0.25, -0.2) is 5.41 Å². The largest absolute Gasteiger partial charge is 0.288 e. The van der Waals surface area contributed by atoms with Gasteiger partial charge in [0.2, 0.25) is 0 Å². The smallest absolute Gasteiger partial charge is 0.111 e. The van der Waals surface area contributed by atoms with E-state index in [0.717, 1.165) is 6.42 Å². The molecule has 0 bridgehead atoms. The van der Waals surface area contributed by atoms with Crippen molar-refractivity contribution in [2.45, 2.75) is 26.3 Å². The molecular weight excluding hydrogens is 114 g/mol. The quantitative estimate of drug-likeness (QED) is 0.451. The highest BCUT2D eigenvalue weighted by atomic mass is 15.4. The Balaban J connectivity index is 3.71. The molecule has 0 amide bonds. The zero-order chi connectivity index (χ0) is 7.28. The Kier molecular flexibility index (Phi) is 3.72. The topological polar surface area (TPSA) is 39.5 Å². The SMILES string of the molecule is CCC(C)N(C)N=C=N. The van der Waals surface area contributed by atoms with E-state index in [1.807, 2.05) is 13.1 Å². The fourth-order valence-corrected chi connectivity index (χ4v) is 0.442. The van der Waals surface area contributed by atoms with Crippen LogP contribution in [-0.4, -0.2) is 24.1 Å². The molecule has 1 atom stereocenters. The molecule has 0 aromatic heterocycles. The number of nitrogens with one attached hydrogen (secondary N) is 1. The molecule has 0 radical (unpaired) electrons. The highest BCUT2D eigenvalue weighted by Crippen LogP contribution is 1.98. The monoisotopic (exact) mass is 127 g/mol. The Hall–Kier alpha value is -0.820. The molecule has 0 saturated carbocycles. The van der Waals surface area contributed by atoms with Gasteiger partial charge in [-0.2, -0.15) is 0 Å². The highest BCUT2D eigenvalue weighted by Gasteiger charge is 2.00. The molecule has 1 unspecified atom stereocenters. The summed E-state index contributed by atoms with van der Waals surface area (Å²) in [5, 5.41) is 11.9. The van der Waals surface area contributed by atoms with Crippen LogP contribution in [0.5, 0.6) is 0 Å². The number of hydrazone groups is 1. The third-order valence-corrected chi connectivity index (χ3v) is 1.44. The molecule has 3 nitrogen and oxygen atoms in total. The lowest BCUT2D eigenvalue weighted by Crippen LogP contribution is -2.22. The van der Waals surface area contributed by atoms with Crippen molar-refractivity contribution in [1.82, 2.24) is 5.01 Å². The van der Waals surface area contributed by atoms with Crippen LogP contribution >= 0.6 is 0 Å². The Morgan fingerprint density at radius 3 is 2.67 bits per heavy atom. The molecule has 0 spiro atoms. The van der Waals surface area contributed by atoms with E-state index >= 15 is 0 Å². The summed E-state index contributed by atoms with van der Waals surface area (Å²) in [5.74, 6) is 0. The summed E-state index contributed by atoms with van der Waals surface area (Å²) in [6.07, 6.45) is 1.04. The van der Waals surface area contributed by atoms with E-state index in [9.17, 15) is 0 Å². The highest BCUT2D eigenvalue weighted by molar-refractivity contribution is 5.34. The first-order chi connectivity index (χ1) is 4.22. The molecule has 0 fully saturated rings. The summed E-state index contributed by atoms with van der Waals surface area (Å²) >= 11 is 0. The summed E-state index contributed by atoms with van der Waals surface area (Å²) in [6.45, 7) is 4.14. The van der Waals surface area contributed by atoms with Crippen molar-refractivity contribution in [1.29, 1.82) is 5.41 Å². The van der Waals surface area contributed by atoms with Crippen LogP contribution in [0.1, 0.15) is 20.3 Å². The van der Waals surface area contributed by atoms with Crippen LogP contribution in [0.4, 0.5) is 0 Å². The van der Waals surface area contributed by atoms with Crippen molar-refractivity contribution < 1.29 is 0 Å². The van der Waals surface area contributed by atoms with Crippen molar-refractivity contribution >= 4 is 6.01 Å². The lowest BCUT2D eigenvalue weighted by Gasteiger charge is -2.17. The van der Waals surface area contributed by atoms with E-state index in [-0.39, 0.29) is 0 Å². The maximum Gasteiger partial charge on any atom is 0.111 e. The van der Waals surface area contributed by atoms with Gasteiger partial charge in [-0.15, -0.1) is 5.10 Å². The summed E-state index contributed by atoms with van der Waals surface area (Å²) in [7, 11) is 1.84. The third-order valence-electron chi connectivity index (χ3n) is 1.44. The van der Waals surface area contributed by atoms with Crippen LogP contribution < -0.4 is 0 Å². The fourth-order valence-electron chi connectivity index (χ4n) is 0.442. The summed E-state index contributed by atoms with van der Waals surface area (Å²) in [6, 6.07) is 2.39. The average molecular weight is 127 g/mol. The van der Waals surface area contributed by atoms with E-state index in [1.165, 1.54) is 0 Å². The number of hydrogen-bond acceptors (Lipinski definition) is 3. The second-order valence-corrected chi connectivity index (χ2v) is 2.04. The van der Waals surface area contributed by atoms with Crippen LogP contribution in [0.25, 0.3) is 0 Å². The average Bonchev–Trinajstić information content (AvgIpc) is 1.87. The Bertz CT molecular complexity index is 115. The predicted octanol–water partition coefficient (Wildman–Crippen LogP) is 1.38. The zero-order valence-electron chi connectivity index (χ0n) is 6.18. The van der Waals surface area contributed by atoms with E-state index < -0.39 is 0 Å². The van der Waals surface area contributed by atoms with Gasteiger partial charge in [0.1, 0.15) is 6.01 Å². The molecule has 9 heavy (non-hydrogen) atoms. The normalized spacial score (nSPS) is 11.9. The van der Waals surface area contributed by atoms with Crippen molar-refractivity contribution in [3.63, 3.8) is 0 Å². The Morgan fingerprint density at radius 2 is 2.33 bits per heavy atom. The summed E-state index contributed by atoms with van der Waals surface area (Å²) in [4.78, 5) is 0. The number of nitrogens with zero attached hydrogens (tertiary/aromatic N) is 2. The lowest BCUT2D eigenvalue weighted by molar-refractivity contribution is 0.266. The molecule has 0 aliphatic heterocycles. The van der Waals surface area contributed by atoms with Crippen molar-refractivity contribution in [2.75, 3.05) is 7.05 Å². The predicted molar refractivity (Wildman–Crippen MR) is 37.7 cm³/mol. The van der Waals surface area contributed by atoms with Crippen LogP contribution in [-0.2, 0) is 0 Å². The number of hydrogen-bond donors (Lipinski definition) is 1. The zero-order valence-corrected chi connectivity index (χ0v) is 6.18. The van der Waals surface area contributed by atoms with E-state index in [0.29, 0.717) is 6.04 Å². The molecule has 52 valence electrons. The first-order valence-corrected chi connectivity index (χ1v) is 3.07. The summed E-state index contributed by atoms with van der Waals surface area (Å²) < 4.78 is 0. The van der Waals surface area contributed by atoms with Gasteiger partial charge in [0.25, 0.3) is 0 Å². The van der Waals surface area contributed by atoms with Gasteiger partial charge >= 0.3 is 0 Å². The van der Waals surface area contributed by atoms with Crippen molar-refractivity contribution in [2.24, 2.45) is 5.10 Å². The molecule has 0 aliphatic rings. The molecule has 0 aromatic rings. The van der Waals surface area contributed by atoms with Gasteiger partial charge in [0, 0.05) is 13.1 Å². The van der Waals surface area contributed by atoms with E-state index in [4.69, 9.17) is 5.41 Å². The molecule has 0 aromatic carbocycles. The molecular formula is C6H13N3. The number of rotatable bonds is 3. The maximum absolute atomic E-state index is 6.54. The minimum absolute atomic E-state index is 0.405. The molecule has 0 saturated heterocycles. The van der Waals surface area contributed by atoms with Crippen molar-refractivity contribution in [3.8, 4) is 0 Å². The second kappa shape index (κ2) is 4.10. The van der Waals surface area contributed by atoms with Crippen LogP contribution in [0.15, 0.2) is 5.10 Å². The van der Waals surface area contributed by atoms with Gasteiger partial charge in [0.05, 0.1) is 0 Å². The van der Waals surface area contributed by atoms with E-state index in [2.05, 4.69) is 18.9 Å². The first kappa shape index (κ1) is 8.18. The van der Waals surface area contributed by atoms with Crippen LogP contribution in [0.2, 0.25) is 0 Å². The minimum Gasteiger partial charge on any atom is -0.288 e. The van der Waals surface area contributed by atoms with Crippen LogP contribution in [0.3, 0.4) is 0 Å². The Morgan fingerprint density at radius 1 is 1.78 bits per heavy atom. The Labute approximate surface area is 55.9 Å². The van der Waals surface area contributed by atoms with Gasteiger partial charge in [0.15, 0.2) is 0 Å². The minimum atomic E-state index is 0.405. The standard InChI is InChI=1S/C6H13N3/c1-4-6(2)9(3)8-5-7/h6-7H,4H2,1-3H3. The molecule has 1 N–H and O–H groups in total.